The second-order valence-electron chi connectivity index (χ2n) is 3.91. The summed E-state index contributed by atoms with van der Waals surface area (Å²) in [5, 5.41) is 22.6. The monoisotopic (exact) mass is 262 g/mol. The number of rotatable bonds is 5. The van der Waals surface area contributed by atoms with Crippen LogP contribution in [0.2, 0.25) is 0 Å². The van der Waals surface area contributed by atoms with E-state index < -0.39 is 18.0 Å². The van der Waals surface area contributed by atoms with E-state index in [4.69, 9.17) is 10.2 Å². The number of amides is 2. The molecule has 0 aromatic heterocycles. The van der Waals surface area contributed by atoms with Crippen LogP contribution < -0.4 is 10.6 Å². The third-order valence-electron chi connectivity index (χ3n) is 2.58. The average Bonchev–Trinajstić information content (AvgIpc) is 2.29. The molecule has 0 spiro atoms. The Morgan fingerprint density at radius 1 is 1.35 bits per heavy atom. The maximum absolute atomic E-state index is 11.5. The summed E-state index contributed by atoms with van der Waals surface area (Å²) in [4.78, 5) is 22.3. The molecule has 1 aliphatic rings. The van der Waals surface area contributed by atoms with Crippen molar-refractivity contribution in [2.24, 2.45) is 0 Å². The van der Waals surface area contributed by atoms with Crippen LogP contribution in [0.5, 0.6) is 0 Å². The molecule has 0 aromatic rings. The normalized spacial score (nSPS) is 18.4. The SMILES string of the molecule is O=C(NC1CCSCC1)N[C@@H](CCO)C(=O)O. The van der Waals surface area contributed by atoms with Crippen molar-refractivity contribution in [2.75, 3.05) is 18.1 Å². The maximum atomic E-state index is 11.5. The summed E-state index contributed by atoms with van der Waals surface area (Å²) in [5.41, 5.74) is 0. The number of carboxylic acids is 1. The van der Waals surface area contributed by atoms with Gasteiger partial charge in [-0.2, -0.15) is 11.8 Å². The van der Waals surface area contributed by atoms with Crippen molar-refractivity contribution in [1.29, 1.82) is 0 Å². The van der Waals surface area contributed by atoms with Gasteiger partial charge in [-0.25, -0.2) is 9.59 Å². The number of urea groups is 1. The molecule has 0 bridgehead atoms. The molecule has 0 unspecified atom stereocenters. The molecule has 6 nitrogen and oxygen atoms in total. The second-order valence-corrected chi connectivity index (χ2v) is 5.13. The van der Waals surface area contributed by atoms with Crippen LogP contribution in [0.3, 0.4) is 0 Å². The fourth-order valence-corrected chi connectivity index (χ4v) is 2.72. The lowest BCUT2D eigenvalue weighted by atomic mass is 10.1. The van der Waals surface area contributed by atoms with E-state index in [1.807, 2.05) is 11.8 Å². The van der Waals surface area contributed by atoms with Crippen LogP contribution in [0.15, 0.2) is 0 Å². The van der Waals surface area contributed by atoms with Crippen molar-refractivity contribution in [3.63, 3.8) is 0 Å². The van der Waals surface area contributed by atoms with Crippen LogP contribution in [0.4, 0.5) is 4.79 Å². The Bertz CT molecular complexity index is 269. The largest absolute Gasteiger partial charge is 0.480 e. The number of hydrogen-bond acceptors (Lipinski definition) is 4. The van der Waals surface area contributed by atoms with Gasteiger partial charge in [-0.3, -0.25) is 0 Å². The standard InChI is InChI=1S/C10H18N2O4S/c13-4-1-8(9(14)15)12-10(16)11-7-2-5-17-6-3-7/h7-8,13H,1-6H2,(H,14,15)(H2,11,12,16)/t8-/m0/s1. The van der Waals surface area contributed by atoms with Gasteiger partial charge in [0.15, 0.2) is 0 Å². The van der Waals surface area contributed by atoms with Crippen molar-refractivity contribution in [2.45, 2.75) is 31.3 Å². The van der Waals surface area contributed by atoms with Crippen molar-refractivity contribution < 1.29 is 19.8 Å². The Kier molecular flexibility index (Phi) is 6.13. The Morgan fingerprint density at radius 3 is 2.53 bits per heavy atom. The first-order valence-corrected chi connectivity index (χ1v) is 6.77. The summed E-state index contributed by atoms with van der Waals surface area (Å²) < 4.78 is 0. The van der Waals surface area contributed by atoms with Gasteiger partial charge in [0.1, 0.15) is 6.04 Å². The van der Waals surface area contributed by atoms with Crippen LogP contribution in [0.1, 0.15) is 19.3 Å². The van der Waals surface area contributed by atoms with E-state index in [0.717, 1.165) is 24.3 Å². The fraction of sp³-hybridized carbons (Fsp3) is 0.800. The van der Waals surface area contributed by atoms with Crippen LogP contribution in [0.25, 0.3) is 0 Å². The number of thioether (sulfide) groups is 1. The molecule has 0 radical (unpaired) electrons. The molecule has 4 N–H and O–H groups in total. The highest BCUT2D eigenvalue weighted by Gasteiger charge is 2.21. The van der Waals surface area contributed by atoms with Gasteiger partial charge in [0, 0.05) is 19.1 Å². The summed E-state index contributed by atoms with van der Waals surface area (Å²) in [6.07, 6.45) is 1.84. The topological polar surface area (TPSA) is 98.7 Å². The molecule has 1 fully saturated rings. The van der Waals surface area contributed by atoms with E-state index in [1.165, 1.54) is 0 Å². The van der Waals surface area contributed by atoms with Gasteiger partial charge in [0.2, 0.25) is 0 Å². The minimum Gasteiger partial charge on any atom is -0.480 e. The summed E-state index contributed by atoms with van der Waals surface area (Å²) in [6, 6.07) is -1.37. The van der Waals surface area contributed by atoms with E-state index in [2.05, 4.69) is 10.6 Å². The Hall–Kier alpha value is -0.950. The molecule has 17 heavy (non-hydrogen) atoms. The molecule has 1 atom stereocenters. The third-order valence-corrected chi connectivity index (χ3v) is 3.63. The van der Waals surface area contributed by atoms with Gasteiger partial charge in [-0.15, -0.1) is 0 Å². The summed E-state index contributed by atoms with van der Waals surface area (Å²) >= 11 is 1.85. The second kappa shape index (κ2) is 7.39. The van der Waals surface area contributed by atoms with Crippen molar-refractivity contribution in [3.05, 3.63) is 0 Å². The van der Waals surface area contributed by atoms with E-state index in [9.17, 15) is 9.59 Å². The van der Waals surface area contributed by atoms with Gasteiger partial charge < -0.3 is 20.8 Å². The number of aliphatic carboxylic acids is 1. The van der Waals surface area contributed by atoms with Gasteiger partial charge >= 0.3 is 12.0 Å². The van der Waals surface area contributed by atoms with Crippen molar-refractivity contribution in [3.8, 4) is 0 Å². The zero-order valence-corrected chi connectivity index (χ0v) is 10.3. The molecule has 2 amide bonds. The van der Waals surface area contributed by atoms with Crippen LogP contribution in [-0.2, 0) is 4.79 Å². The lowest BCUT2D eigenvalue weighted by Gasteiger charge is -2.23. The van der Waals surface area contributed by atoms with Gasteiger partial charge in [-0.05, 0) is 24.3 Å². The molecule has 7 heteroatoms. The van der Waals surface area contributed by atoms with E-state index in [-0.39, 0.29) is 19.1 Å². The van der Waals surface area contributed by atoms with Crippen LogP contribution in [-0.4, -0.2) is 52.4 Å². The maximum Gasteiger partial charge on any atom is 0.326 e. The molecule has 1 rings (SSSR count). The molecule has 1 aliphatic heterocycles. The predicted octanol–water partition coefficient (Wildman–Crippen LogP) is 0.0168. The lowest BCUT2D eigenvalue weighted by molar-refractivity contribution is -0.139. The van der Waals surface area contributed by atoms with Gasteiger partial charge in [0.05, 0.1) is 0 Å². The zero-order valence-electron chi connectivity index (χ0n) is 9.52. The number of carbonyl (C=O) groups excluding carboxylic acids is 1. The number of nitrogens with one attached hydrogen (secondary N) is 2. The first kappa shape index (κ1) is 14.1. The molecular formula is C10H18N2O4S. The lowest BCUT2D eigenvalue weighted by Crippen LogP contribution is -2.50. The summed E-state index contributed by atoms with van der Waals surface area (Å²) in [7, 11) is 0. The molecule has 98 valence electrons. The fourth-order valence-electron chi connectivity index (χ4n) is 1.61. The minimum absolute atomic E-state index is 0.0171. The molecule has 0 aliphatic carbocycles. The smallest absolute Gasteiger partial charge is 0.326 e. The summed E-state index contributed by atoms with van der Waals surface area (Å²) in [5.74, 6) is 0.904. The minimum atomic E-state index is -1.13. The first-order valence-electron chi connectivity index (χ1n) is 5.62. The molecule has 0 aromatic carbocycles. The highest BCUT2D eigenvalue weighted by atomic mass is 32.2. The van der Waals surface area contributed by atoms with E-state index in [0.29, 0.717) is 0 Å². The zero-order chi connectivity index (χ0) is 12.7. The first-order chi connectivity index (χ1) is 8.13. The third kappa shape index (κ3) is 5.27. The highest BCUT2D eigenvalue weighted by Crippen LogP contribution is 2.16. The number of aliphatic hydroxyl groups excluding tert-OH is 1. The molecule has 0 saturated carbocycles. The number of hydrogen-bond donors (Lipinski definition) is 4. The van der Waals surface area contributed by atoms with E-state index >= 15 is 0 Å². The number of carbonyl (C=O) groups is 2. The van der Waals surface area contributed by atoms with Crippen molar-refractivity contribution >= 4 is 23.8 Å². The summed E-state index contributed by atoms with van der Waals surface area (Å²) in [6.45, 7) is -0.267. The Labute approximate surface area is 104 Å². The predicted molar refractivity (Wildman–Crippen MR) is 65.1 cm³/mol. The van der Waals surface area contributed by atoms with E-state index in [1.54, 1.807) is 0 Å². The number of aliphatic hydroxyl groups is 1. The highest BCUT2D eigenvalue weighted by molar-refractivity contribution is 7.99. The quantitative estimate of drug-likeness (QED) is 0.560. The van der Waals surface area contributed by atoms with Crippen LogP contribution >= 0.6 is 11.8 Å². The molecular weight excluding hydrogens is 244 g/mol. The van der Waals surface area contributed by atoms with Gasteiger partial charge in [-0.1, -0.05) is 0 Å². The molecule has 1 heterocycles. The Balaban J connectivity index is 2.33. The average molecular weight is 262 g/mol. The Morgan fingerprint density at radius 2 is 2.00 bits per heavy atom. The van der Waals surface area contributed by atoms with Crippen LogP contribution in [0, 0.1) is 0 Å². The van der Waals surface area contributed by atoms with Crippen molar-refractivity contribution in [1.82, 2.24) is 10.6 Å². The molecule has 1 saturated heterocycles. The number of carboxylic acid groups (broad SMARTS) is 1. The van der Waals surface area contributed by atoms with Gasteiger partial charge in [0.25, 0.3) is 0 Å².